The molecule has 0 radical (unpaired) electrons. The van der Waals surface area contributed by atoms with Crippen LogP contribution in [0.5, 0.6) is 0 Å². The predicted molar refractivity (Wildman–Crippen MR) is 79.0 cm³/mol. The van der Waals surface area contributed by atoms with E-state index in [0.717, 1.165) is 12.7 Å². The molecule has 0 fully saturated rings. The van der Waals surface area contributed by atoms with Crippen molar-refractivity contribution in [3.8, 4) is 0 Å². The molecule has 1 aliphatic rings. The van der Waals surface area contributed by atoms with Crippen molar-refractivity contribution in [3.05, 3.63) is 70.3 Å². The molecule has 0 spiro atoms. The molecule has 1 aliphatic carbocycles. The second-order valence-corrected chi connectivity index (χ2v) is 5.19. The maximum atomic E-state index is 12.7. The van der Waals surface area contributed by atoms with E-state index < -0.39 is 11.9 Å². The number of fused-ring (bicyclic) bond motifs is 2. The Labute approximate surface area is 132 Å². The van der Waals surface area contributed by atoms with E-state index in [4.69, 9.17) is 4.74 Å². The highest BCUT2D eigenvalue weighted by Crippen LogP contribution is 2.43. The van der Waals surface area contributed by atoms with Gasteiger partial charge in [-0.25, -0.2) is 10.1 Å². The van der Waals surface area contributed by atoms with Crippen molar-refractivity contribution in [2.75, 3.05) is 7.11 Å². The molecule has 1 atom stereocenters. The van der Waals surface area contributed by atoms with Crippen LogP contribution in [0.3, 0.4) is 0 Å². The van der Waals surface area contributed by atoms with Gasteiger partial charge in [-0.3, -0.25) is 4.79 Å². The largest absolute Gasteiger partial charge is 0.511 e. The average molecular weight is 314 g/mol. The molecule has 6 nitrogen and oxygen atoms in total. The van der Waals surface area contributed by atoms with Gasteiger partial charge in [0, 0.05) is 22.3 Å². The summed E-state index contributed by atoms with van der Waals surface area (Å²) < 4.78 is 9.76. The molecule has 0 heterocycles. The molecule has 0 saturated heterocycles. The van der Waals surface area contributed by atoms with E-state index in [9.17, 15) is 14.8 Å². The van der Waals surface area contributed by atoms with Crippen LogP contribution in [-0.4, -0.2) is 24.3 Å². The molecule has 2 aromatic rings. The average Bonchev–Trinajstić information content (AvgIpc) is 2.58. The van der Waals surface area contributed by atoms with Crippen molar-refractivity contribution in [3.63, 3.8) is 0 Å². The van der Waals surface area contributed by atoms with Gasteiger partial charge in [-0.05, 0) is 13.0 Å². The standard InChI is InChI=1S/C17H14O6/c1-10-7-8-14-12(9-10)15(18)11-5-3-4-6-13(11)17(14,23-20)22-16(19)21-2/h3-9,20H,1-2H3. The minimum absolute atomic E-state index is 0.231. The third kappa shape index (κ3) is 2.19. The number of rotatable bonds is 2. The molecular formula is C17H14O6. The summed E-state index contributed by atoms with van der Waals surface area (Å²) in [6.07, 6.45) is -1.05. The van der Waals surface area contributed by atoms with Gasteiger partial charge < -0.3 is 9.47 Å². The maximum Gasteiger partial charge on any atom is 0.511 e. The predicted octanol–water partition coefficient (Wildman–Crippen LogP) is 3.01. The molecule has 0 bridgehead atoms. The van der Waals surface area contributed by atoms with Crippen LogP contribution in [0, 0.1) is 6.92 Å². The van der Waals surface area contributed by atoms with E-state index in [1.165, 1.54) is 0 Å². The number of aryl methyl sites for hydroxylation is 1. The Balaban J connectivity index is 2.33. The van der Waals surface area contributed by atoms with Crippen molar-refractivity contribution in [2.24, 2.45) is 0 Å². The van der Waals surface area contributed by atoms with Gasteiger partial charge in [0.1, 0.15) is 0 Å². The van der Waals surface area contributed by atoms with Crippen LogP contribution in [0.4, 0.5) is 4.79 Å². The first-order valence-electron chi connectivity index (χ1n) is 6.88. The van der Waals surface area contributed by atoms with E-state index in [0.29, 0.717) is 5.56 Å². The van der Waals surface area contributed by atoms with Gasteiger partial charge in [-0.1, -0.05) is 42.0 Å². The number of hydrogen-bond acceptors (Lipinski definition) is 6. The normalized spacial score (nSPS) is 18.8. The zero-order valence-corrected chi connectivity index (χ0v) is 12.5. The van der Waals surface area contributed by atoms with Crippen LogP contribution in [0.2, 0.25) is 0 Å². The Kier molecular flexibility index (Phi) is 3.63. The van der Waals surface area contributed by atoms with Crippen molar-refractivity contribution < 1.29 is 29.2 Å². The Morgan fingerprint density at radius 2 is 1.78 bits per heavy atom. The fraction of sp³-hybridized carbons (Fsp3) is 0.176. The van der Waals surface area contributed by atoms with E-state index in [1.54, 1.807) is 42.5 Å². The van der Waals surface area contributed by atoms with Gasteiger partial charge in [-0.15, -0.1) is 0 Å². The van der Waals surface area contributed by atoms with Crippen LogP contribution in [0.1, 0.15) is 32.6 Å². The maximum absolute atomic E-state index is 12.7. The number of hydrogen-bond donors (Lipinski definition) is 1. The first kappa shape index (κ1) is 15.2. The number of ether oxygens (including phenoxy) is 2. The minimum atomic E-state index is -1.96. The van der Waals surface area contributed by atoms with Crippen molar-refractivity contribution in [1.82, 2.24) is 0 Å². The Morgan fingerprint density at radius 3 is 2.48 bits per heavy atom. The zero-order valence-electron chi connectivity index (χ0n) is 12.5. The molecule has 1 unspecified atom stereocenters. The zero-order chi connectivity index (χ0) is 16.6. The quantitative estimate of drug-likeness (QED) is 0.397. The molecule has 118 valence electrons. The molecule has 3 rings (SSSR count). The Bertz CT molecular complexity index is 797. The molecular weight excluding hydrogens is 300 g/mol. The van der Waals surface area contributed by atoms with E-state index in [2.05, 4.69) is 9.62 Å². The molecule has 0 amide bonds. The van der Waals surface area contributed by atoms with Crippen LogP contribution in [-0.2, 0) is 20.1 Å². The third-order valence-corrected chi connectivity index (χ3v) is 3.82. The first-order valence-corrected chi connectivity index (χ1v) is 6.88. The van der Waals surface area contributed by atoms with Gasteiger partial charge in [0.2, 0.25) is 0 Å². The van der Waals surface area contributed by atoms with E-state index in [-0.39, 0.29) is 22.5 Å². The molecule has 1 N–H and O–H groups in total. The summed E-state index contributed by atoms with van der Waals surface area (Å²) in [4.78, 5) is 29.0. The van der Waals surface area contributed by atoms with Gasteiger partial charge in [0.05, 0.1) is 7.11 Å². The molecule has 0 saturated carbocycles. The molecule has 2 aromatic carbocycles. The van der Waals surface area contributed by atoms with Crippen LogP contribution < -0.4 is 0 Å². The Hall–Kier alpha value is -2.70. The SMILES string of the molecule is COC(=O)OC1(OO)c2ccccc2C(=O)c2cc(C)ccc21. The number of methoxy groups -OCH3 is 1. The molecule has 0 aliphatic heterocycles. The molecule has 23 heavy (non-hydrogen) atoms. The highest BCUT2D eigenvalue weighted by atomic mass is 17.2. The lowest BCUT2D eigenvalue weighted by Gasteiger charge is -2.35. The lowest BCUT2D eigenvalue weighted by molar-refractivity contribution is -0.383. The van der Waals surface area contributed by atoms with Gasteiger partial charge in [0.15, 0.2) is 5.78 Å². The second kappa shape index (κ2) is 5.49. The van der Waals surface area contributed by atoms with E-state index >= 15 is 0 Å². The minimum Gasteiger partial charge on any atom is -0.438 e. The summed E-state index contributed by atoms with van der Waals surface area (Å²) in [5, 5.41) is 9.59. The smallest absolute Gasteiger partial charge is 0.438 e. The topological polar surface area (TPSA) is 82.1 Å². The summed E-state index contributed by atoms with van der Waals surface area (Å²) in [5.41, 5.74) is 1.89. The lowest BCUT2D eigenvalue weighted by Crippen LogP contribution is -2.41. The number of ketones is 1. The highest BCUT2D eigenvalue weighted by Gasteiger charge is 2.49. The van der Waals surface area contributed by atoms with Crippen molar-refractivity contribution in [1.29, 1.82) is 0 Å². The number of carbonyl (C=O) groups excluding carboxylic acids is 2. The van der Waals surface area contributed by atoms with Gasteiger partial charge in [-0.2, -0.15) is 4.89 Å². The summed E-state index contributed by atoms with van der Waals surface area (Å²) in [7, 11) is 1.14. The highest BCUT2D eigenvalue weighted by molar-refractivity contribution is 6.13. The Morgan fingerprint density at radius 1 is 1.09 bits per heavy atom. The number of benzene rings is 2. The first-order chi connectivity index (χ1) is 11.0. The summed E-state index contributed by atoms with van der Waals surface area (Å²) in [5.74, 6) is -2.19. The van der Waals surface area contributed by atoms with Crippen molar-refractivity contribution in [2.45, 2.75) is 12.7 Å². The van der Waals surface area contributed by atoms with Crippen molar-refractivity contribution >= 4 is 11.9 Å². The second-order valence-electron chi connectivity index (χ2n) is 5.19. The fourth-order valence-corrected chi connectivity index (χ4v) is 2.78. The van der Waals surface area contributed by atoms with Crippen LogP contribution in [0.15, 0.2) is 42.5 Å². The molecule has 0 aromatic heterocycles. The summed E-state index contributed by atoms with van der Waals surface area (Å²) in [6, 6.07) is 11.4. The fourth-order valence-electron chi connectivity index (χ4n) is 2.78. The number of carbonyl (C=O) groups is 2. The van der Waals surface area contributed by atoms with Gasteiger partial charge >= 0.3 is 11.9 Å². The summed E-state index contributed by atoms with van der Waals surface area (Å²) in [6.45, 7) is 1.83. The lowest BCUT2D eigenvalue weighted by atomic mass is 9.80. The summed E-state index contributed by atoms with van der Waals surface area (Å²) >= 11 is 0. The van der Waals surface area contributed by atoms with Crippen LogP contribution in [0.25, 0.3) is 0 Å². The van der Waals surface area contributed by atoms with E-state index in [1.807, 2.05) is 6.92 Å². The molecule has 6 heteroatoms. The van der Waals surface area contributed by atoms with Gasteiger partial charge in [0.25, 0.3) is 0 Å². The monoisotopic (exact) mass is 314 g/mol. The van der Waals surface area contributed by atoms with Crippen LogP contribution >= 0.6 is 0 Å². The third-order valence-electron chi connectivity index (χ3n) is 3.82.